The van der Waals surface area contributed by atoms with Crippen molar-refractivity contribution in [3.63, 3.8) is 0 Å². The average molecular weight is 425 g/mol. The minimum Gasteiger partial charge on any atom is -0.497 e. The van der Waals surface area contributed by atoms with E-state index in [0.29, 0.717) is 5.69 Å². The zero-order chi connectivity index (χ0) is 22.5. The molecule has 2 amide bonds. The number of nitrogens with one attached hydrogen (secondary N) is 3. The van der Waals surface area contributed by atoms with Gasteiger partial charge in [-0.1, -0.05) is 36.4 Å². The zero-order valence-electron chi connectivity index (χ0n) is 17.8. The van der Waals surface area contributed by atoms with Gasteiger partial charge in [0.1, 0.15) is 11.4 Å². The van der Waals surface area contributed by atoms with Crippen LogP contribution in [0.25, 0.3) is 28.2 Å². The van der Waals surface area contributed by atoms with Gasteiger partial charge in [-0.25, -0.2) is 0 Å². The van der Waals surface area contributed by atoms with Gasteiger partial charge in [0.05, 0.1) is 12.8 Å². The molecule has 0 aliphatic rings. The first-order valence-electron chi connectivity index (χ1n) is 10.2. The maximum atomic E-state index is 13.0. The molecule has 0 bridgehead atoms. The monoisotopic (exact) mass is 425 g/mol. The van der Waals surface area contributed by atoms with Gasteiger partial charge in [0, 0.05) is 29.1 Å². The number of aromatic amines is 1. The predicted octanol–water partition coefficient (Wildman–Crippen LogP) is 4.96. The molecule has 3 N–H and O–H groups in total. The molecule has 1 aromatic heterocycles. The van der Waals surface area contributed by atoms with Crippen LogP contribution in [-0.2, 0) is 9.59 Å². The number of ether oxygens (including phenoxy) is 1. The molecule has 0 aliphatic carbocycles. The van der Waals surface area contributed by atoms with E-state index in [2.05, 4.69) is 15.6 Å². The molecule has 0 fully saturated rings. The highest BCUT2D eigenvalue weighted by atomic mass is 16.5. The highest BCUT2D eigenvalue weighted by molar-refractivity contribution is 6.10. The second-order valence-corrected chi connectivity index (χ2v) is 7.25. The van der Waals surface area contributed by atoms with Gasteiger partial charge in [0.15, 0.2) is 0 Å². The Bertz CT molecular complexity index is 1290. The fourth-order valence-electron chi connectivity index (χ4n) is 3.51. The van der Waals surface area contributed by atoms with E-state index in [-0.39, 0.29) is 11.6 Å². The van der Waals surface area contributed by atoms with Crippen molar-refractivity contribution in [2.45, 2.75) is 6.92 Å². The van der Waals surface area contributed by atoms with E-state index >= 15 is 0 Å². The molecule has 160 valence electrons. The number of anilines is 1. The van der Waals surface area contributed by atoms with Crippen molar-refractivity contribution < 1.29 is 14.3 Å². The Hall–Kier alpha value is -4.32. The summed E-state index contributed by atoms with van der Waals surface area (Å²) >= 11 is 0. The first-order chi connectivity index (χ1) is 15.5. The summed E-state index contributed by atoms with van der Waals surface area (Å²) in [6, 6.07) is 24.6. The van der Waals surface area contributed by atoms with E-state index in [1.165, 1.54) is 6.92 Å². The normalized spacial score (nSPS) is 11.2. The largest absolute Gasteiger partial charge is 0.497 e. The van der Waals surface area contributed by atoms with E-state index in [4.69, 9.17) is 4.74 Å². The molecule has 0 spiro atoms. The molecular formula is C26H23N3O3. The van der Waals surface area contributed by atoms with Crippen molar-refractivity contribution in [1.29, 1.82) is 0 Å². The lowest BCUT2D eigenvalue weighted by Crippen LogP contribution is -2.28. The first kappa shape index (κ1) is 20.9. The molecule has 0 saturated heterocycles. The molecule has 32 heavy (non-hydrogen) atoms. The molecule has 6 heteroatoms. The van der Waals surface area contributed by atoms with Crippen LogP contribution in [0, 0.1) is 0 Å². The number of aromatic nitrogens is 1. The van der Waals surface area contributed by atoms with Gasteiger partial charge in [-0.2, -0.15) is 0 Å². The number of rotatable bonds is 6. The topological polar surface area (TPSA) is 83.2 Å². The average Bonchev–Trinajstić information content (AvgIpc) is 3.17. The maximum Gasteiger partial charge on any atom is 0.272 e. The third kappa shape index (κ3) is 4.54. The quantitative estimate of drug-likeness (QED) is 0.382. The molecule has 0 aliphatic heterocycles. The number of fused-ring (bicyclic) bond motifs is 1. The fourth-order valence-corrected chi connectivity index (χ4v) is 3.51. The Morgan fingerprint density at radius 1 is 0.906 bits per heavy atom. The summed E-state index contributed by atoms with van der Waals surface area (Å²) in [5.74, 6) is 0.0192. The number of benzene rings is 3. The van der Waals surface area contributed by atoms with Gasteiger partial charge in [-0.15, -0.1) is 0 Å². The van der Waals surface area contributed by atoms with E-state index in [0.717, 1.165) is 33.5 Å². The summed E-state index contributed by atoms with van der Waals surface area (Å²) in [5.41, 5.74) is 4.29. The summed E-state index contributed by atoms with van der Waals surface area (Å²) in [5, 5.41) is 6.45. The summed E-state index contributed by atoms with van der Waals surface area (Å²) in [6.45, 7) is 1.38. The number of carbonyl (C=O) groups is 2. The second kappa shape index (κ2) is 9.22. The van der Waals surface area contributed by atoms with E-state index in [1.807, 2.05) is 66.7 Å². The molecule has 0 radical (unpaired) electrons. The standard InChI is InChI=1S/C26H23N3O3/c1-17(30)27-24(26(31)28-19-8-4-3-5-9-19)16-22-21-10-6-7-11-23(21)29-25(22)18-12-14-20(32-2)15-13-18/h3-16,29H,1-2H3,(H,27,30)(H,28,31). The van der Waals surface area contributed by atoms with Crippen LogP contribution in [0.4, 0.5) is 5.69 Å². The van der Waals surface area contributed by atoms with Crippen molar-refractivity contribution >= 4 is 34.5 Å². The van der Waals surface area contributed by atoms with Gasteiger partial charge in [0.2, 0.25) is 5.91 Å². The Kier molecular flexibility index (Phi) is 6.03. The predicted molar refractivity (Wildman–Crippen MR) is 127 cm³/mol. The number of hydrogen-bond acceptors (Lipinski definition) is 3. The number of amides is 2. The molecular weight excluding hydrogens is 402 g/mol. The van der Waals surface area contributed by atoms with Gasteiger partial charge in [-0.3, -0.25) is 9.59 Å². The number of para-hydroxylation sites is 2. The van der Waals surface area contributed by atoms with Gasteiger partial charge >= 0.3 is 0 Å². The molecule has 4 aromatic rings. The Labute approximate surface area is 185 Å². The van der Waals surface area contributed by atoms with Gasteiger partial charge < -0.3 is 20.4 Å². The van der Waals surface area contributed by atoms with Crippen LogP contribution < -0.4 is 15.4 Å². The molecule has 4 rings (SSSR count). The molecule has 6 nitrogen and oxygen atoms in total. The summed E-state index contributed by atoms with van der Waals surface area (Å²) in [7, 11) is 1.62. The number of methoxy groups -OCH3 is 1. The van der Waals surface area contributed by atoms with Crippen molar-refractivity contribution in [2.24, 2.45) is 0 Å². The van der Waals surface area contributed by atoms with Crippen LogP contribution >= 0.6 is 0 Å². The minimum atomic E-state index is -0.405. The van der Waals surface area contributed by atoms with Crippen molar-refractivity contribution in [1.82, 2.24) is 10.3 Å². The maximum absolute atomic E-state index is 13.0. The van der Waals surface area contributed by atoms with Crippen molar-refractivity contribution in [3.8, 4) is 17.0 Å². The zero-order valence-corrected chi connectivity index (χ0v) is 17.8. The fraction of sp³-hybridized carbons (Fsp3) is 0.0769. The highest BCUT2D eigenvalue weighted by Gasteiger charge is 2.17. The van der Waals surface area contributed by atoms with Crippen LogP contribution in [0.5, 0.6) is 5.75 Å². The van der Waals surface area contributed by atoms with Crippen LogP contribution in [0.2, 0.25) is 0 Å². The van der Waals surface area contributed by atoms with E-state index in [1.54, 1.807) is 25.3 Å². The lowest BCUT2D eigenvalue weighted by atomic mass is 10.0. The van der Waals surface area contributed by atoms with Crippen LogP contribution in [0.15, 0.2) is 84.6 Å². The van der Waals surface area contributed by atoms with Crippen LogP contribution in [0.3, 0.4) is 0 Å². The van der Waals surface area contributed by atoms with E-state index < -0.39 is 5.91 Å². The van der Waals surface area contributed by atoms with E-state index in [9.17, 15) is 9.59 Å². The summed E-state index contributed by atoms with van der Waals surface area (Å²) in [4.78, 5) is 28.3. The highest BCUT2D eigenvalue weighted by Crippen LogP contribution is 2.33. The Balaban J connectivity index is 1.82. The Morgan fingerprint density at radius 2 is 1.59 bits per heavy atom. The van der Waals surface area contributed by atoms with Crippen LogP contribution in [0.1, 0.15) is 12.5 Å². The lowest BCUT2D eigenvalue weighted by molar-refractivity contribution is -0.120. The molecule has 0 unspecified atom stereocenters. The van der Waals surface area contributed by atoms with Crippen LogP contribution in [-0.4, -0.2) is 23.9 Å². The van der Waals surface area contributed by atoms with Crippen molar-refractivity contribution in [2.75, 3.05) is 12.4 Å². The second-order valence-electron chi connectivity index (χ2n) is 7.25. The molecule has 0 atom stereocenters. The molecule has 3 aromatic carbocycles. The third-order valence-corrected chi connectivity index (χ3v) is 5.00. The number of H-pyrrole nitrogens is 1. The van der Waals surface area contributed by atoms with Gasteiger partial charge in [0.25, 0.3) is 5.91 Å². The number of carbonyl (C=O) groups excluding carboxylic acids is 2. The summed E-state index contributed by atoms with van der Waals surface area (Å²) in [6.07, 6.45) is 1.71. The Morgan fingerprint density at radius 3 is 2.28 bits per heavy atom. The smallest absolute Gasteiger partial charge is 0.272 e. The molecule has 0 saturated carbocycles. The summed E-state index contributed by atoms with van der Waals surface area (Å²) < 4.78 is 5.27. The van der Waals surface area contributed by atoms with Crippen molar-refractivity contribution in [3.05, 3.63) is 90.1 Å². The minimum absolute atomic E-state index is 0.154. The third-order valence-electron chi connectivity index (χ3n) is 5.00. The van der Waals surface area contributed by atoms with Gasteiger partial charge in [-0.05, 0) is 54.1 Å². The first-order valence-corrected chi connectivity index (χ1v) is 10.2. The SMILES string of the molecule is COc1ccc(-c2[nH]c3ccccc3c2C=C(NC(C)=O)C(=O)Nc2ccccc2)cc1. The lowest BCUT2D eigenvalue weighted by Gasteiger charge is -2.10. The molecule has 1 heterocycles. The number of hydrogen-bond donors (Lipinski definition) is 3.